The molecule has 3 heterocycles. The lowest BCUT2D eigenvalue weighted by atomic mass is 10.1. The molecule has 10 heteroatoms. The van der Waals surface area contributed by atoms with Crippen LogP contribution in [0.4, 0.5) is 5.69 Å². The predicted octanol–water partition coefficient (Wildman–Crippen LogP) is 4.38. The molecule has 0 amide bonds. The van der Waals surface area contributed by atoms with Gasteiger partial charge in [-0.25, -0.2) is 9.78 Å². The van der Waals surface area contributed by atoms with Gasteiger partial charge >= 0.3 is 5.97 Å². The van der Waals surface area contributed by atoms with Gasteiger partial charge in [-0.3, -0.25) is 4.79 Å². The zero-order valence-electron chi connectivity index (χ0n) is 20.6. The summed E-state index contributed by atoms with van der Waals surface area (Å²) in [5.74, 6) is 1.12. The van der Waals surface area contributed by atoms with Gasteiger partial charge in [-0.15, -0.1) is 0 Å². The van der Waals surface area contributed by atoms with Crippen molar-refractivity contribution in [2.75, 3.05) is 26.6 Å². The highest BCUT2D eigenvalue weighted by Crippen LogP contribution is 2.26. The first kappa shape index (κ1) is 25.1. The Morgan fingerprint density at radius 3 is 1.97 bits per heavy atom. The molecule has 0 unspecified atom stereocenters. The SMILES string of the molecule is CCOC(=O)c1[nH]c(-c2ccc(OC)cc2)cc1N.COc1ccc(-c2cc3nc[nH]c(=O)c3[nH]2)cc1. The summed E-state index contributed by atoms with van der Waals surface area (Å²) in [6.45, 7) is 2.07. The van der Waals surface area contributed by atoms with E-state index in [4.69, 9.17) is 19.9 Å². The molecule has 5 N–H and O–H groups in total. The number of hydrogen-bond acceptors (Lipinski definition) is 7. The van der Waals surface area contributed by atoms with Gasteiger partial charge < -0.3 is 34.9 Å². The molecule has 0 saturated heterocycles. The number of esters is 1. The Morgan fingerprint density at radius 2 is 1.46 bits per heavy atom. The van der Waals surface area contributed by atoms with Crippen molar-refractivity contribution in [3.8, 4) is 34.0 Å². The Labute approximate surface area is 212 Å². The van der Waals surface area contributed by atoms with Crippen LogP contribution >= 0.6 is 0 Å². The minimum Gasteiger partial charge on any atom is -0.497 e. The number of methoxy groups -OCH3 is 2. The summed E-state index contributed by atoms with van der Waals surface area (Å²) in [5, 5.41) is 0. The second-order valence-corrected chi connectivity index (χ2v) is 7.87. The molecule has 0 radical (unpaired) electrons. The zero-order chi connectivity index (χ0) is 26.4. The molecule has 37 heavy (non-hydrogen) atoms. The summed E-state index contributed by atoms with van der Waals surface area (Å²) in [7, 11) is 3.24. The fraction of sp³-hybridized carbons (Fsp3) is 0.148. The third-order valence-corrected chi connectivity index (χ3v) is 5.55. The van der Waals surface area contributed by atoms with E-state index in [2.05, 4.69) is 19.9 Å². The van der Waals surface area contributed by atoms with Gasteiger partial charge in [0.05, 0.1) is 38.4 Å². The highest BCUT2D eigenvalue weighted by molar-refractivity contribution is 5.95. The Kier molecular flexibility index (Phi) is 7.58. The molecule has 0 bridgehead atoms. The number of carbonyl (C=O) groups excluding carboxylic acids is 1. The third kappa shape index (κ3) is 5.64. The molecule has 0 aliphatic carbocycles. The fourth-order valence-corrected chi connectivity index (χ4v) is 3.65. The summed E-state index contributed by atoms with van der Waals surface area (Å²) in [5.41, 5.74) is 11.0. The molecule has 0 saturated carbocycles. The molecule has 5 aromatic rings. The van der Waals surface area contributed by atoms with E-state index in [9.17, 15) is 9.59 Å². The normalized spacial score (nSPS) is 10.5. The molecule has 0 atom stereocenters. The van der Waals surface area contributed by atoms with Gasteiger partial charge in [-0.2, -0.15) is 0 Å². The monoisotopic (exact) mass is 501 g/mol. The molecule has 0 spiro atoms. The van der Waals surface area contributed by atoms with E-state index in [0.717, 1.165) is 34.0 Å². The molecule has 0 aliphatic heterocycles. The van der Waals surface area contributed by atoms with Crippen LogP contribution in [0.15, 0.2) is 71.8 Å². The van der Waals surface area contributed by atoms with Crippen LogP contribution < -0.4 is 20.8 Å². The maximum Gasteiger partial charge on any atom is 0.356 e. The van der Waals surface area contributed by atoms with Crippen molar-refractivity contribution in [3.63, 3.8) is 0 Å². The maximum absolute atomic E-state index is 11.7. The van der Waals surface area contributed by atoms with Gasteiger partial charge in [-0.1, -0.05) is 0 Å². The first-order chi connectivity index (χ1) is 17.9. The van der Waals surface area contributed by atoms with Crippen molar-refractivity contribution in [2.24, 2.45) is 0 Å². The van der Waals surface area contributed by atoms with Gasteiger partial charge in [0.15, 0.2) is 0 Å². The van der Waals surface area contributed by atoms with Crippen LogP contribution in [0, 0.1) is 0 Å². The summed E-state index contributed by atoms with van der Waals surface area (Å²) in [6.07, 6.45) is 1.40. The lowest BCUT2D eigenvalue weighted by Gasteiger charge is -2.02. The van der Waals surface area contributed by atoms with E-state index in [0.29, 0.717) is 23.3 Å². The number of fused-ring (bicyclic) bond motifs is 1. The zero-order valence-corrected chi connectivity index (χ0v) is 20.6. The Balaban J connectivity index is 0.000000173. The van der Waals surface area contributed by atoms with E-state index in [1.165, 1.54) is 6.33 Å². The van der Waals surface area contributed by atoms with Crippen molar-refractivity contribution < 1.29 is 19.0 Å². The van der Waals surface area contributed by atoms with E-state index >= 15 is 0 Å². The molecular formula is C27H27N5O5. The Hall–Kier alpha value is -4.99. The van der Waals surface area contributed by atoms with E-state index in [-0.39, 0.29) is 11.3 Å². The minimum atomic E-state index is -0.445. The van der Waals surface area contributed by atoms with Crippen molar-refractivity contribution in [1.82, 2.24) is 19.9 Å². The number of H-pyrrole nitrogens is 3. The van der Waals surface area contributed by atoms with Crippen molar-refractivity contribution in [3.05, 3.63) is 83.0 Å². The van der Waals surface area contributed by atoms with Gasteiger partial charge in [0.25, 0.3) is 5.56 Å². The van der Waals surface area contributed by atoms with Crippen LogP contribution in [0.25, 0.3) is 33.5 Å². The number of anilines is 1. The highest BCUT2D eigenvalue weighted by atomic mass is 16.5. The summed E-state index contributed by atoms with van der Waals surface area (Å²) >= 11 is 0. The smallest absolute Gasteiger partial charge is 0.356 e. The van der Waals surface area contributed by atoms with Crippen LogP contribution in [-0.2, 0) is 4.74 Å². The lowest BCUT2D eigenvalue weighted by Crippen LogP contribution is -2.07. The fourth-order valence-electron chi connectivity index (χ4n) is 3.65. The number of nitrogens with two attached hydrogens (primary N) is 1. The van der Waals surface area contributed by atoms with Crippen LogP contribution in [0.3, 0.4) is 0 Å². The molecule has 10 nitrogen and oxygen atoms in total. The molecule has 5 rings (SSSR count). The van der Waals surface area contributed by atoms with Crippen molar-refractivity contribution in [1.29, 1.82) is 0 Å². The van der Waals surface area contributed by atoms with Crippen LogP contribution in [0.1, 0.15) is 17.4 Å². The van der Waals surface area contributed by atoms with Crippen molar-refractivity contribution in [2.45, 2.75) is 6.92 Å². The number of aromatic amines is 3. The standard InChI is InChI=1S/C14H16N2O3.C13H11N3O2/c1-3-19-14(17)13-11(15)8-12(16-13)9-4-6-10(18-2)7-5-9;1-18-9-4-2-8(3-5-9)10-6-11-12(16-10)13(17)15-7-14-11/h4-8,16H,3,15H2,1-2H3;2-7,16H,1H3,(H,14,15,17). The average molecular weight is 502 g/mol. The van der Waals surface area contributed by atoms with Gasteiger partial charge in [0, 0.05) is 11.4 Å². The van der Waals surface area contributed by atoms with E-state index in [1.54, 1.807) is 27.2 Å². The topological polar surface area (TPSA) is 148 Å². The first-order valence-electron chi connectivity index (χ1n) is 11.4. The maximum atomic E-state index is 11.7. The number of rotatable bonds is 6. The highest BCUT2D eigenvalue weighted by Gasteiger charge is 2.15. The number of nitrogens with one attached hydrogen (secondary N) is 3. The average Bonchev–Trinajstić information content (AvgIpc) is 3.54. The number of hydrogen-bond donors (Lipinski definition) is 4. The third-order valence-electron chi connectivity index (χ3n) is 5.55. The molecule has 0 fully saturated rings. The summed E-state index contributed by atoms with van der Waals surface area (Å²) < 4.78 is 15.1. The van der Waals surface area contributed by atoms with Gasteiger partial charge in [-0.05, 0) is 78.7 Å². The predicted molar refractivity (Wildman–Crippen MR) is 142 cm³/mol. The van der Waals surface area contributed by atoms with Crippen molar-refractivity contribution >= 4 is 22.7 Å². The summed E-state index contributed by atoms with van der Waals surface area (Å²) in [6, 6.07) is 18.6. The number of carbonyl (C=O) groups is 1. The second kappa shape index (κ2) is 11.2. The molecule has 0 aliphatic rings. The number of ether oxygens (including phenoxy) is 3. The van der Waals surface area contributed by atoms with Crippen LogP contribution in [0.5, 0.6) is 11.5 Å². The molecule has 2 aromatic carbocycles. The number of aromatic nitrogens is 4. The number of nitrogen functional groups attached to an aromatic ring is 1. The number of nitrogens with zero attached hydrogens (tertiary/aromatic N) is 1. The molecular weight excluding hydrogens is 474 g/mol. The Bertz CT molecular complexity index is 1550. The van der Waals surface area contributed by atoms with E-state index in [1.807, 2.05) is 54.6 Å². The lowest BCUT2D eigenvalue weighted by molar-refractivity contribution is 0.0521. The quantitative estimate of drug-likeness (QED) is 0.252. The van der Waals surface area contributed by atoms with E-state index < -0.39 is 5.97 Å². The molecule has 3 aromatic heterocycles. The van der Waals surface area contributed by atoms with Gasteiger partial charge in [0.2, 0.25) is 0 Å². The first-order valence-corrected chi connectivity index (χ1v) is 11.4. The number of benzene rings is 2. The Morgan fingerprint density at radius 1 is 0.892 bits per heavy atom. The second-order valence-electron chi connectivity index (χ2n) is 7.87. The minimum absolute atomic E-state index is 0.167. The molecule has 190 valence electrons. The largest absolute Gasteiger partial charge is 0.497 e. The summed E-state index contributed by atoms with van der Waals surface area (Å²) in [4.78, 5) is 35.9. The van der Waals surface area contributed by atoms with Crippen LogP contribution in [-0.4, -0.2) is 46.7 Å². The van der Waals surface area contributed by atoms with Gasteiger partial charge in [0.1, 0.15) is 22.7 Å². The van der Waals surface area contributed by atoms with Crippen LogP contribution in [0.2, 0.25) is 0 Å².